The van der Waals surface area contributed by atoms with Crippen LogP contribution in [0.15, 0.2) is 12.1 Å². The first-order chi connectivity index (χ1) is 11.4. The molecule has 0 aromatic heterocycles. The summed E-state index contributed by atoms with van der Waals surface area (Å²) in [4.78, 5) is 25.5. The minimum atomic E-state index is -0.206. The van der Waals surface area contributed by atoms with E-state index in [0.717, 1.165) is 24.8 Å². The van der Waals surface area contributed by atoms with E-state index in [4.69, 9.17) is 4.74 Å². The lowest BCUT2D eigenvalue weighted by atomic mass is 9.75. The Kier molecular flexibility index (Phi) is 4.80. The van der Waals surface area contributed by atoms with E-state index in [2.05, 4.69) is 32.9 Å². The summed E-state index contributed by atoms with van der Waals surface area (Å²) in [6, 6.07) is 4.28. The first kappa shape index (κ1) is 17.2. The molecule has 24 heavy (non-hydrogen) atoms. The van der Waals surface area contributed by atoms with Crippen molar-refractivity contribution in [2.45, 2.75) is 53.4 Å². The highest BCUT2D eigenvalue weighted by molar-refractivity contribution is 5.90. The lowest BCUT2D eigenvalue weighted by molar-refractivity contribution is -0.154. The number of aryl methyl sites for hydroxylation is 3. The molecule has 2 aliphatic rings. The van der Waals surface area contributed by atoms with E-state index < -0.39 is 0 Å². The van der Waals surface area contributed by atoms with Crippen molar-refractivity contribution in [2.75, 3.05) is 6.61 Å². The topological polar surface area (TPSA) is 43.4 Å². The van der Waals surface area contributed by atoms with Crippen molar-refractivity contribution in [3.05, 3.63) is 34.4 Å². The summed E-state index contributed by atoms with van der Waals surface area (Å²) in [5.41, 5.74) is 4.72. The second kappa shape index (κ2) is 6.70. The number of ketones is 1. The highest BCUT2D eigenvalue weighted by Crippen LogP contribution is 2.53. The van der Waals surface area contributed by atoms with Gasteiger partial charge in [-0.05, 0) is 75.5 Å². The molecule has 0 spiro atoms. The monoisotopic (exact) mass is 328 g/mol. The minimum absolute atomic E-state index is 0.136. The van der Waals surface area contributed by atoms with E-state index in [0.29, 0.717) is 24.9 Å². The molecule has 3 nitrogen and oxygen atoms in total. The van der Waals surface area contributed by atoms with Crippen molar-refractivity contribution in [2.24, 2.45) is 23.7 Å². The van der Waals surface area contributed by atoms with E-state index in [-0.39, 0.29) is 23.6 Å². The Hall–Kier alpha value is -1.64. The van der Waals surface area contributed by atoms with Crippen molar-refractivity contribution in [1.29, 1.82) is 0 Å². The first-order valence-electron chi connectivity index (χ1n) is 9.18. The Balaban J connectivity index is 1.82. The number of esters is 1. The number of rotatable bonds is 5. The van der Waals surface area contributed by atoms with Crippen LogP contribution in [0.3, 0.4) is 0 Å². The molecule has 3 rings (SSSR count). The summed E-state index contributed by atoms with van der Waals surface area (Å²) in [7, 11) is 0. The summed E-state index contributed by atoms with van der Waals surface area (Å²) in [5, 5.41) is 0. The summed E-state index contributed by atoms with van der Waals surface area (Å²) in [6.45, 7) is 8.46. The third kappa shape index (κ3) is 3.01. The summed E-state index contributed by atoms with van der Waals surface area (Å²) in [6.07, 6.45) is 3.62. The molecule has 4 unspecified atom stereocenters. The van der Waals surface area contributed by atoms with Crippen molar-refractivity contribution < 1.29 is 14.3 Å². The summed E-state index contributed by atoms with van der Waals surface area (Å²) < 4.78 is 5.28. The molecule has 0 radical (unpaired) electrons. The normalized spacial score (nSPS) is 28.2. The van der Waals surface area contributed by atoms with E-state index in [1.54, 1.807) is 0 Å². The van der Waals surface area contributed by atoms with Gasteiger partial charge in [-0.2, -0.15) is 0 Å². The fraction of sp³-hybridized carbons (Fsp3) is 0.619. The Morgan fingerprint density at radius 2 is 1.62 bits per heavy atom. The predicted octanol–water partition coefficient (Wildman–Crippen LogP) is 3.95. The summed E-state index contributed by atoms with van der Waals surface area (Å²) in [5.74, 6) is 0.465. The van der Waals surface area contributed by atoms with Crippen LogP contribution in [0.1, 0.15) is 48.4 Å². The molecule has 1 aromatic rings. The highest BCUT2D eigenvalue weighted by Gasteiger charge is 2.54. The maximum Gasteiger partial charge on any atom is 0.309 e. The van der Waals surface area contributed by atoms with Crippen LogP contribution in [0.4, 0.5) is 0 Å². The number of ether oxygens (including phenoxy) is 1. The molecular weight excluding hydrogens is 300 g/mol. The third-order valence-electron chi connectivity index (χ3n) is 6.04. The second-order valence-corrected chi connectivity index (χ2v) is 7.66. The van der Waals surface area contributed by atoms with E-state index in [9.17, 15) is 9.59 Å². The number of fused-ring (bicyclic) bond motifs is 2. The average molecular weight is 328 g/mol. The fourth-order valence-corrected chi connectivity index (χ4v) is 5.11. The Morgan fingerprint density at radius 3 is 2.21 bits per heavy atom. The highest BCUT2D eigenvalue weighted by atomic mass is 16.5. The van der Waals surface area contributed by atoms with Crippen LogP contribution >= 0.6 is 0 Å². The lowest BCUT2D eigenvalue weighted by Gasteiger charge is -2.28. The number of benzene rings is 1. The van der Waals surface area contributed by atoms with Gasteiger partial charge in [0.2, 0.25) is 0 Å². The molecular formula is C21H28O3. The average Bonchev–Trinajstić information content (AvgIpc) is 3.11. The molecule has 0 saturated heterocycles. The van der Waals surface area contributed by atoms with Crippen molar-refractivity contribution >= 4 is 11.8 Å². The van der Waals surface area contributed by atoms with Gasteiger partial charge in [0.1, 0.15) is 5.78 Å². The number of hydrogen-bond donors (Lipinski definition) is 0. The van der Waals surface area contributed by atoms with Crippen LogP contribution < -0.4 is 0 Å². The third-order valence-corrected chi connectivity index (χ3v) is 6.04. The van der Waals surface area contributed by atoms with E-state index in [1.807, 2.05) is 6.92 Å². The molecule has 3 heteroatoms. The maximum atomic E-state index is 13.1. The van der Waals surface area contributed by atoms with Gasteiger partial charge < -0.3 is 4.74 Å². The molecule has 2 fully saturated rings. The van der Waals surface area contributed by atoms with Gasteiger partial charge in [-0.15, -0.1) is 0 Å². The molecule has 2 aliphatic carbocycles. The summed E-state index contributed by atoms with van der Waals surface area (Å²) >= 11 is 0. The van der Waals surface area contributed by atoms with Crippen LogP contribution in [-0.4, -0.2) is 18.4 Å². The lowest BCUT2D eigenvalue weighted by Crippen LogP contribution is -2.36. The minimum Gasteiger partial charge on any atom is -0.466 e. The number of Topliss-reactive ketones (excluding diaryl/α,β-unsaturated/α-hetero) is 1. The molecule has 2 bridgehead atoms. The Labute approximate surface area is 144 Å². The number of carbonyl (C=O) groups excluding carboxylic acids is 2. The van der Waals surface area contributed by atoms with Crippen molar-refractivity contribution in [1.82, 2.24) is 0 Å². The van der Waals surface area contributed by atoms with Gasteiger partial charge in [-0.3, -0.25) is 9.59 Å². The quantitative estimate of drug-likeness (QED) is 0.769. The fourth-order valence-electron chi connectivity index (χ4n) is 5.11. The standard InChI is InChI=1S/C21H28O3/c1-5-24-21(23)20-16-7-6-15(10-16)19(20)18(22)11-17-13(3)8-12(2)9-14(17)4/h8-9,15-16,19-20H,5-7,10-11H2,1-4H3. The number of hydrogen-bond acceptors (Lipinski definition) is 3. The van der Waals surface area contributed by atoms with Gasteiger partial charge in [0.05, 0.1) is 12.5 Å². The van der Waals surface area contributed by atoms with Crippen LogP contribution in [0.5, 0.6) is 0 Å². The van der Waals surface area contributed by atoms with E-state index >= 15 is 0 Å². The second-order valence-electron chi connectivity index (χ2n) is 7.66. The van der Waals surface area contributed by atoms with Gasteiger partial charge >= 0.3 is 5.97 Å². The molecule has 0 amide bonds. The van der Waals surface area contributed by atoms with Gasteiger partial charge in [0.25, 0.3) is 0 Å². The molecule has 0 aliphatic heterocycles. The largest absolute Gasteiger partial charge is 0.466 e. The van der Waals surface area contributed by atoms with Crippen molar-refractivity contribution in [3.63, 3.8) is 0 Å². The first-order valence-corrected chi connectivity index (χ1v) is 9.18. The molecule has 0 N–H and O–H groups in total. The van der Waals surface area contributed by atoms with Gasteiger partial charge in [-0.25, -0.2) is 0 Å². The Morgan fingerprint density at radius 1 is 1.04 bits per heavy atom. The molecule has 0 heterocycles. The van der Waals surface area contributed by atoms with Gasteiger partial charge in [0.15, 0.2) is 0 Å². The van der Waals surface area contributed by atoms with E-state index in [1.165, 1.54) is 16.7 Å². The maximum absolute atomic E-state index is 13.1. The zero-order valence-electron chi connectivity index (χ0n) is 15.2. The molecule has 2 saturated carbocycles. The SMILES string of the molecule is CCOC(=O)C1C2CCC(C2)C1C(=O)Cc1c(C)cc(C)cc1C. The van der Waals surface area contributed by atoms with Crippen LogP contribution in [-0.2, 0) is 20.7 Å². The van der Waals surface area contributed by atoms with Gasteiger partial charge in [-0.1, -0.05) is 17.7 Å². The smallest absolute Gasteiger partial charge is 0.309 e. The zero-order valence-corrected chi connectivity index (χ0v) is 15.2. The number of carbonyl (C=O) groups is 2. The molecule has 1 aromatic carbocycles. The Bertz CT molecular complexity index is 638. The molecule has 130 valence electrons. The van der Waals surface area contributed by atoms with Crippen LogP contribution in [0, 0.1) is 44.4 Å². The molecule has 4 atom stereocenters. The predicted molar refractivity (Wildman–Crippen MR) is 93.8 cm³/mol. The van der Waals surface area contributed by atoms with Crippen LogP contribution in [0.2, 0.25) is 0 Å². The van der Waals surface area contributed by atoms with Crippen LogP contribution in [0.25, 0.3) is 0 Å². The zero-order chi connectivity index (χ0) is 17.4. The van der Waals surface area contributed by atoms with Crippen molar-refractivity contribution in [3.8, 4) is 0 Å². The van der Waals surface area contributed by atoms with Gasteiger partial charge in [0, 0.05) is 12.3 Å².